The molecular formula is C9H9N2O2. The van der Waals surface area contributed by atoms with E-state index in [-0.39, 0.29) is 10.6 Å². The van der Waals surface area contributed by atoms with E-state index in [0.717, 1.165) is 18.8 Å². The van der Waals surface area contributed by atoms with Gasteiger partial charge in [-0.2, -0.15) is 0 Å². The van der Waals surface area contributed by atoms with E-state index < -0.39 is 0 Å². The second-order valence-corrected chi connectivity index (χ2v) is 2.97. The summed E-state index contributed by atoms with van der Waals surface area (Å²) in [6, 6.07) is 6.71. The largest absolute Gasteiger partial charge is 0.371 e. The molecule has 2 rings (SSSR count). The van der Waals surface area contributed by atoms with Gasteiger partial charge in [-0.3, -0.25) is 10.1 Å². The first-order chi connectivity index (χ1) is 6.27. The van der Waals surface area contributed by atoms with E-state index in [1.165, 1.54) is 6.07 Å². The van der Waals surface area contributed by atoms with Crippen LogP contribution in [0, 0.1) is 16.5 Å². The molecule has 0 N–H and O–H groups in total. The Labute approximate surface area is 75.9 Å². The smallest absolute Gasteiger partial charge is 0.271 e. The normalized spacial score (nSPS) is 15.2. The minimum Gasteiger partial charge on any atom is -0.371 e. The molecule has 0 aromatic heterocycles. The van der Waals surface area contributed by atoms with E-state index in [1.54, 1.807) is 12.1 Å². The lowest BCUT2D eigenvalue weighted by atomic mass is 10.1. The summed E-state index contributed by atoms with van der Waals surface area (Å²) in [4.78, 5) is 12.2. The highest BCUT2D eigenvalue weighted by Gasteiger charge is 2.16. The quantitative estimate of drug-likeness (QED) is 0.509. The van der Waals surface area contributed by atoms with Crippen molar-refractivity contribution in [2.24, 2.45) is 0 Å². The first kappa shape index (κ1) is 8.04. The molecule has 1 saturated heterocycles. The van der Waals surface area contributed by atoms with Gasteiger partial charge in [-0.05, 0) is 6.07 Å². The Morgan fingerprint density at radius 2 is 2.15 bits per heavy atom. The fraction of sp³-hybridized carbons (Fsp3) is 0.222. The van der Waals surface area contributed by atoms with Gasteiger partial charge >= 0.3 is 0 Å². The Balaban J connectivity index is 2.26. The Kier molecular flexibility index (Phi) is 1.88. The molecule has 0 amide bonds. The summed E-state index contributed by atoms with van der Waals surface area (Å²) in [6.45, 7) is 1.78. The molecule has 1 aliphatic heterocycles. The van der Waals surface area contributed by atoms with Gasteiger partial charge in [0.05, 0.1) is 4.92 Å². The zero-order valence-electron chi connectivity index (χ0n) is 7.01. The monoisotopic (exact) mass is 177 g/mol. The van der Waals surface area contributed by atoms with Gasteiger partial charge in [0, 0.05) is 37.3 Å². The van der Waals surface area contributed by atoms with Crippen LogP contribution in [0.25, 0.3) is 0 Å². The lowest BCUT2D eigenvalue weighted by Gasteiger charge is -2.32. The number of benzene rings is 1. The molecule has 67 valence electrons. The van der Waals surface area contributed by atoms with Crippen LogP contribution in [0.2, 0.25) is 0 Å². The van der Waals surface area contributed by atoms with E-state index in [4.69, 9.17) is 0 Å². The van der Waals surface area contributed by atoms with Crippen LogP contribution in [-0.2, 0) is 0 Å². The molecule has 0 atom stereocenters. The van der Waals surface area contributed by atoms with Crippen LogP contribution in [0.4, 0.5) is 11.4 Å². The molecule has 0 aliphatic carbocycles. The SMILES string of the molecule is O=[N+]([O-])c1cccc(N2C[CH]C2)c1. The van der Waals surface area contributed by atoms with Crippen LogP contribution in [0.15, 0.2) is 24.3 Å². The number of nitrogens with zero attached hydrogens (tertiary/aromatic N) is 2. The molecule has 1 aromatic carbocycles. The molecule has 0 unspecified atom stereocenters. The van der Waals surface area contributed by atoms with Crippen molar-refractivity contribution in [1.82, 2.24) is 0 Å². The summed E-state index contributed by atoms with van der Waals surface area (Å²) in [5.41, 5.74) is 1.08. The lowest BCUT2D eigenvalue weighted by Crippen LogP contribution is -2.37. The van der Waals surface area contributed by atoms with Crippen LogP contribution in [0.3, 0.4) is 0 Å². The van der Waals surface area contributed by atoms with E-state index in [2.05, 4.69) is 11.3 Å². The summed E-state index contributed by atoms with van der Waals surface area (Å²) in [5, 5.41) is 10.5. The van der Waals surface area contributed by atoms with Crippen LogP contribution in [0.5, 0.6) is 0 Å². The Hall–Kier alpha value is -1.58. The minimum absolute atomic E-state index is 0.157. The van der Waals surface area contributed by atoms with Gasteiger partial charge in [0.2, 0.25) is 0 Å². The first-order valence-corrected chi connectivity index (χ1v) is 4.08. The molecule has 4 heteroatoms. The van der Waals surface area contributed by atoms with Crippen molar-refractivity contribution in [2.45, 2.75) is 0 Å². The average Bonchev–Trinajstić information content (AvgIpc) is 2.01. The summed E-state index contributed by atoms with van der Waals surface area (Å²) in [7, 11) is 0. The maximum absolute atomic E-state index is 10.5. The number of non-ortho nitro benzene ring substituents is 1. The Morgan fingerprint density at radius 1 is 1.38 bits per heavy atom. The van der Waals surface area contributed by atoms with E-state index >= 15 is 0 Å². The van der Waals surface area contributed by atoms with Crippen LogP contribution in [-0.4, -0.2) is 18.0 Å². The Morgan fingerprint density at radius 3 is 2.69 bits per heavy atom. The maximum atomic E-state index is 10.5. The second-order valence-electron chi connectivity index (χ2n) is 2.97. The molecule has 1 aliphatic rings. The lowest BCUT2D eigenvalue weighted by molar-refractivity contribution is -0.384. The molecule has 0 bridgehead atoms. The van der Waals surface area contributed by atoms with Crippen molar-refractivity contribution < 1.29 is 4.92 Å². The summed E-state index contributed by atoms with van der Waals surface area (Å²) in [5.74, 6) is 0. The van der Waals surface area contributed by atoms with Crippen LogP contribution in [0.1, 0.15) is 0 Å². The molecule has 1 radical (unpaired) electrons. The number of hydrogen-bond donors (Lipinski definition) is 0. The van der Waals surface area contributed by atoms with Gasteiger partial charge in [0.25, 0.3) is 5.69 Å². The van der Waals surface area contributed by atoms with Gasteiger partial charge < -0.3 is 4.90 Å². The summed E-state index contributed by atoms with van der Waals surface area (Å²) in [6.07, 6.45) is 2.12. The Bertz CT molecular complexity index is 334. The minimum atomic E-state index is -0.368. The maximum Gasteiger partial charge on any atom is 0.271 e. The molecule has 13 heavy (non-hydrogen) atoms. The molecule has 4 nitrogen and oxygen atoms in total. The number of rotatable bonds is 2. The third-order valence-electron chi connectivity index (χ3n) is 2.10. The predicted octanol–water partition coefficient (Wildman–Crippen LogP) is 1.62. The van der Waals surface area contributed by atoms with E-state index in [9.17, 15) is 10.1 Å². The average molecular weight is 177 g/mol. The van der Waals surface area contributed by atoms with Crippen molar-refractivity contribution in [3.63, 3.8) is 0 Å². The topological polar surface area (TPSA) is 46.4 Å². The zero-order valence-corrected chi connectivity index (χ0v) is 7.01. The van der Waals surface area contributed by atoms with Crippen LogP contribution >= 0.6 is 0 Å². The summed E-state index contributed by atoms with van der Waals surface area (Å²) >= 11 is 0. The highest BCUT2D eigenvalue weighted by atomic mass is 16.6. The second kappa shape index (κ2) is 3.05. The van der Waals surface area contributed by atoms with Gasteiger partial charge in [-0.15, -0.1) is 0 Å². The standard InChI is InChI=1S/C9H9N2O2/c12-11(13)9-4-1-3-8(7-9)10-5-2-6-10/h1-4,7H,5-6H2. The van der Waals surface area contributed by atoms with Crippen molar-refractivity contribution in [2.75, 3.05) is 18.0 Å². The summed E-state index contributed by atoms with van der Waals surface area (Å²) < 4.78 is 0. The molecule has 0 saturated carbocycles. The highest BCUT2D eigenvalue weighted by molar-refractivity contribution is 5.55. The van der Waals surface area contributed by atoms with Gasteiger partial charge in [0.1, 0.15) is 0 Å². The molecule has 1 heterocycles. The van der Waals surface area contributed by atoms with Crippen molar-refractivity contribution >= 4 is 11.4 Å². The van der Waals surface area contributed by atoms with Crippen molar-refractivity contribution in [3.8, 4) is 0 Å². The number of anilines is 1. The van der Waals surface area contributed by atoms with Crippen LogP contribution < -0.4 is 4.90 Å². The van der Waals surface area contributed by atoms with Gasteiger partial charge in [0.15, 0.2) is 0 Å². The van der Waals surface area contributed by atoms with Gasteiger partial charge in [-0.25, -0.2) is 0 Å². The van der Waals surface area contributed by atoms with E-state index in [0.29, 0.717) is 0 Å². The number of nitro benzene ring substituents is 1. The third-order valence-corrected chi connectivity index (χ3v) is 2.10. The first-order valence-electron chi connectivity index (χ1n) is 4.08. The van der Waals surface area contributed by atoms with Gasteiger partial charge in [-0.1, -0.05) is 6.07 Å². The molecular weight excluding hydrogens is 168 g/mol. The van der Waals surface area contributed by atoms with E-state index in [1.807, 2.05) is 6.07 Å². The molecule has 1 fully saturated rings. The molecule has 0 spiro atoms. The fourth-order valence-electron chi connectivity index (χ4n) is 1.27. The van der Waals surface area contributed by atoms with Crippen molar-refractivity contribution in [1.29, 1.82) is 0 Å². The number of hydrogen-bond acceptors (Lipinski definition) is 3. The number of nitro groups is 1. The van der Waals surface area contributed by atoms with Crippen molar-refractivity contribution in [3.05, 3.63) is 40.8 Å². The predicted molar refractivity (Wildman–Crippen MR) is 49.6 cm³/mol. The zero-order chi connectivity index (χ0) is 9.26. The molecule has 1 aromatic rings. The third kappa shape index (κ3) is 1.47. The highest BCUT2D eigenvalue weighted by Crippen LogP contribution is 2.24. The fourth-order valence-corrected chi connectivity index (χ4v) is 1.27.